The predicted molar refractivity (Wildman–Crippen MR) is 93.3 cm³/mol. The van der Waals surface area contributed by atoms with Crippen LogP contribution in [0.2, 0.25) is 5.02 Å². The van der Waals surface area contributed by atoms with E-state index in [0.29, 0.717) is 6.07 Å². The molecule has 2 amide bonds. The van der Waals surface area contributed by atoms with Gasteiger partial charge in [-0.15, -0.1) is 0 Å². The molecule has 0 aliphatic heterocycles. The van der Waals surface area contributed by atoms with Gasteiger partial charge in [-0.1, -0.05) is 11.6 Å². The minimum Gasteiger partial charge on any atom is -0.507 e. The van der Waals surface area contributed by atoms with Crippen molar-refractivity contribution in [2.24, 2.45) is 5.10 Å². The van der Waals surface area contributed by atoms with E-state index in [0.717, 1.165) is 12.1 Å². The molecule has 0 spiro atoms. The second kappa shape index (κ2) is 8.39. The number of anilines is 1. The monoisotopic (exact) mass is 381 g/mol. The van der Waals surface area contributed by atoms with Crippen molar-refractivity contribution in [3.63, 3.8) is 0 Å². The van der Waals surface area contributed by atoms with Crippen LogP contribution in [0.5, 0.6) is 5.75 Å². The van der Waals surface area contributed by atoms with E-state index in [4.69, 9.17) is 11.6 Å². The van der Waals surface area contributed by atoms with Gasteiger partial charge in [-0.2, -0.15) is 5.10 Å². The van der Waals surface area contributed by atoms with Gasteiger partial charge in [-0.3, -0.25) is 9.59 Å². The first-order valence-corrected chi connectivity index (χ1v) is 7.71. The van der Waals surface area contributed by atoms with Gasteiger partial charge in [0.25, 0.3) is 5.91 Å². The molecule has 0 fully saturated rings. The van der Waals surface area contributed by atoms with Crippen molar-refractivity contribution in [3.05, 3.63) is 58.6 Å². The lowest BCUT2D eigenvalue weighted by atomic mass is 10.2. The maximum Gasteiger partial charge on any atom is 0.275 e. The Morgan fingerprint density at radius 2 is 1.92 bits per heavy atom. The van der Waals surface area contributed by atoms with Crippen LogP contribution < -0.4 is 10.7 Å². The molecule has 0 saturated carbocycles. The number of benzene rings is 2. The number of amides is 2. The molecule has 0 aliphatic carbocycles. The highest BCUT2D eigenvalue weighted by molar-refractivity contribution is 6.31. The quantitative estimate of drug-likeness (QED) is 0.547. The van der Waals surface area contributed by atoms with Gasteiger partial charge < -0.3 is 10.4 Å². The van der Waals surface area contributed by atoms with Crippen molar-refractivity contribution in [1.29, 1.82) is 0 Å². The van der Waals surface area contributed by atoms with Crippen molar-refractivity contribution >= 4 is 34.8 Å². The Hall–Kier alpha value is -3.00. The molecule has 9 heteroatoms. The molecule has 0 bridgehead atoms. The molecule has 0 aliphatic rings. The standard InChI is InChI=1S/C17H14ClF2N3O3/c1-9(6-16(25)21-14-4-3-11(19)8-13(14)20)22-23-17(26)12-7-10(18)2-5-15(12)24/h2-5,7-8,24H,6H2,1H3,(H,21,25)(H,23,26)/b22-9-. The second-order valence-corrected chi connectivity index (χ2v) is 5.74. The van der Waals surface area contributed by atoms with E-state index in [1.807, 2.05) is 0 Å². The SMILES string of the molecule is C/C(CC(=O)Nc1ccc(F)cc1F)=N/NC(=O)c1cc(Cl)ccc1O. The van der Waals surface area contributed by atoms with Gasteiger partial charge in [0.05, 0.1) is 17.7 Å². The van der Waals surface area contributed by atoms with Crippen molar-refractivity contribution in [2.45, 2.75) is 13.3 Å². The summed E-state index contributed by atoms with van der Waals surface area (Å²) in [6.07, 6.45) is -0.237. The molecule has 0 saturated heterocycles. The van der Waals surface area contributed by atoms with Crippen molar-refractivity contribution in [2.75, 3.05) is 5.32 Å². The molecule has 2 aromatic rings. The number of hydrogen-bond donors (Lipinski definition) is 3. The van der Waals surface area contributed by atoms with Crippen LogP contribution in [0.3, 0.4) is 0 Å². The van der Waals surface area contributed by atoms with Crippen molar-refractivity contribution < 1.29 is 23.5 Å². The zero-order valence-corrected chi connectivity index (χ0v) is 14.3. The third kappa shape index (κ3) is 5.25. The summed E-state index contributed by atoms with van der Waals surface area (Å²) in [5, 5.41) is 15.9. The Bertz CT molecular complexity index is 888. The third-order valence-corrected chi connectivity index (χ3v) is 3.41. The summed E-state index contributed by atoms with van der Waals surface area (Å²) in [7, 11) is 0. The Kier molecular flexibility index (Phi) is 6.24. The van der Waals surface area contributed by atoms with Crippen LogP contribution in [0.4, 0.5) is 14.5 Å². The number of nitrogens with one attached hydrogen (secondary N) is 2. The molecule has 0 unspecified atom stereocenters. The summed E-state index contributed by atoms with van der Waals surface area (Å²) in [5.74, 6) is -3.25. The number of hydrazone groups is 1. The Morgan fingerprint density at radius 3 is 2.62 bits per heavy atom. The highest BCUT2D eigenvalue weighted by Crippen LogP contribution is 2.21. The third-order valence-electron chi connectivity index (χ3n) is 3.17. The van der Waals surface area contributed by atoms with Crippen LogP contribution >= 0.6 is 11.6 Å². The van der Waals surface area contributed by atoms with Gasteiger partial charge in [0.1, 0.15) is 17.4 Å². The number of phenolic OH excluding ortho intramolecular Hbond substituents is 1. The summed E-state index contributed by atoms with van der Waals surface area (Å²) in [6, 6.07) is 6.70. The highest BCUT2D eigenvalue weighted by atomic mass is 35.5. The van der Waals surface area contributed by atoms with E-state index >= 15 is 0 Å². The number of rotatable bonds is 5. The highest BCUT2D eigenvalue weighted by Gasteiger charge is 2.12. The Labute approximate surface area is 152 Å². The fourth-order valence-electron chi connectivity index (χ4n) is 1.95. The van der Waals surface area contributed by atoms with Gasteiger partial charge >= 0.3 is 0 Å². The molecule has 26 heavy (non-hydrogen) atoms. The number of carbonyl (C=O) groups is 2. The smallest absolute Gasteiger partial charge is 0.275 e. The van der Waals surface area contributed by atoms with E-state index < -0.39 is 23.4 Å². The molecular formula is C17H14ClF2N3O3. The summed E-state index contributed by atoms with van der Waals surface area (Å²) >= 11 is 5.76. The van der Waals surface area contributed by atoms with Crippen LogP contribution in [-0.4, -0.2) is 22.6 Å². The number of hydrogen-bond acceptors (Lipinski definition) is 4. The molecule has 0 aromatic heterocycles. The summed E-state index contributed by atoms with van der Waals surface area (Å²) in [4.78, 5) is 23.8. The normalized spacial score (nSPS) is 11.2. The van der Waals surface area contributed by atoms with E-state index in [1.54, 1.807) is 0 Å². The number of phenols is 1. The molecule has 3 N–H and O–H groups in total. The molecule has 136 valence electrons. The zero-order chi connectivity index (χ0) is 19.3. The first kappa shape index (κ1) is 19.3. The average Bonchev–Trinajstić information content (AvgIpc) is 2.57. The van der Waals surface area contributed by atoms with E-state index in [2.05, 4.69) is 15.8 Å². The summed E-state index contributed by atoms with van der Waals surface area (Å²) in [6.45, 7) is 1.47. The van der Waals surface area contributed by atoms with Crippen molar-refractivity contribution in [1.82, 2.24) is 5.43 Å². The number of nitrogens with zero attached hydrogens (tertiary/aromatic N) is 1. The zero-order valence-electron chi connectivity index (χ0n) is 13.5. The second-order valence-electron chi connectivity index (χ2n) is 5.30. The number of halogens is 3. The number of carbonyl (C=O) groups excluding carboxylic acids is 2. The van der Waals surface area contributed by atoms with Crippen LogP contribution in [-0.2, 0) is 4.79 Å². The predicted octanol–water partition coefficient (Wildman–Crippen LogP) is 3.46. The van der Waals surface area contributed by atoms with Crippen LogP contribution in [0, 0.1) is 11.6 Å². The minimum absolute atomic E-state index is 0.0770. The Balaban J connectivity index is 1.96. The van der Waals surface area contributed by atoms with E-state index in [-0.39, 0.29) is 34.2 Å². The van der Waals surface area contributed by atoms with Crippen LogP contribution in [0.15, 0.2) is 41.5 Å². The molecule has 2 aromatic carbocycles. The average molecular weight is 382 g/mol. The lowest BCUT2D eigenvalue weighted by molar-refractivity contribution is -0.115. The molecule has 0 heterocycles. The first-order valence-electron chi connectivity index (χ1n) is 7.33. The molecular weight excluding hydrogens is 368 g/mol. The van der Waals surface area contributed by atoms with Gasteiger partial charge in [0.15, 0.2) is 0 Å². The maximum atomic E-state index is 13.5. The fourth-order valence-corrected chi connectivity index (χ4v) is 2.13. The van der Waals surface area contributed by atoms with Gasteiger partial charge in [0.2, 0.25) is 5.91 Å². The van der Waals surface area contributed by atoms with Gasteiger partial charge in [-0.25, -0.2) is 14.2 Å². The largest absolute Gasteiger partial charge is 0.507 e. The van der Waals surface area contributed by atoms with E-state index in [1.165, 1.54) is 25.1 Å². The number of aromatic hydroxyl groups is 1. The molecule has 0 atom stereocenters. The molecule has 0 radical (unpaired) electrons. The van der Waals surface area contributed by atoms with Crippen molar-refractivity contribution in [3.8, 4) is 5.75 Å². The lowest BCUT2D eigenvalue weighted by Crippen LogP contribution is -2.21. The topological polar surface area (TPSA) is 90.8 Å². The molecule has 6 nitrogen and oxygen atoms in total. The lowest BCUT2D eigenvalue weighted by Gasteiger charge is -2.07. The summed E-state index contributed by atoms with van der Waals surface area (Å²) in [5.41, 5.74) is 2.16. The fraction of sp³-hybridized carbons (Fsp3) is 0.118. The minimum atomic E-state index is -0.905. The van der Waals surface area contributed by atoms with Gasteiger partial charge in [-0.05, 0) is 37.3 Å². The van der Waals surface area contributed by atoms with E-state index in [9.17, 15) is 23.5 Å². The van der Waals surface area contributed by atoms with Crippen LogP contribution in [0.25, 0.3) is 0 Å². The summed E-state index contributed by atoms with van der Waals surface area (Å²) < 4.78 is 26.3. The Morgan fingerprint density at radius 1 is 1.19 bits per heavy atom. The van der Waals surface area contributed by atoms with Crippen LogP contribution in [0.1, 0.15) is 23.7 Å². The van der Waals surface area contributed by atoms with Gasteiger partial charge in [0, 0.05) is 16.8 Å². The maximum absolute atomic E-state index is 13.5. The first-order chi connectivity index (χ1) is 12.3. The molecule has 2 rings (SSSR count).